The van der Waals surface area contributed by atoms with Crippen LogP contribution >= 0.6 is 0 Å². The number of aromatic nitrogens is 2. The summed E-state index contributed by atoms with van der Waals surface area (Å²) >= 11 is 0. The van der Waals surface area contributed by atoms with Gasteiger partial charge in [-0.15, -0.1) is 0 Å². The number of anilines is 1. The first-order valence-corrected chi connectivity index (χ1v) is 3.18. The number of aromatic amines is 1. The van der Waals surface area contributed by atoms with Gasteiger partial charge in [0.1, 0.15) is 11.4 Å². The summed E-state index contributed by atoms with van der Waals surface area (Å²) in [6, 6.07) is 0. The van der Waals surface area contributed by atoms with Gasteiger partial charge < -0.3 is 16.5 Å². The molecule has 12 heavy (non-hydrogen) atoms. The molecule has 0 aliphatic rings. The molecule has 0 saturated heterocycles. The zero-order valence-corrected chi connectivity index (χ0v) is 6.42. The maximum Gasteiger partial charge on any atom is 0.347 e. The highest BCUT2D eigenvalue weighted by atomic mass is 16.1. The predicted molar refractivity (Wildman–Crippen MR) is 42.5 cm³/mol. The third-order valence-corrected chi connectivity index (χ3v) is 1.39. The molecule has 0 spiro atoms. The molecule has 0 atom stereocenters. The molecule has 6 heteroatoms. The maximum absolute atomic E-state index is 10.7. The molecule has 1 amide bonds. The lowest BCUT2D eigenvalue weighted by atomic mass is 10.2. The van der Waals surface area contributed by atoms with Gasteiger partial charge in [0.15, 0.2) is 0 Å². The number of nitrogens with two attached hydrogens (primary N) is 2. The molecule has 0 fully saturated rings. The van der Waals surface area contributed by atoms with E-state index in [1.54, 1.807) is 0 Å². The van der Waals surface area contributed by atoms with Crippen LogP contribution in [-0.4, -0.2) is 15.9 Å². The number of carbonyl (C=O) groups is 1. The highest BCUT2D eigenvalue weighted by Gasteiger charge is 2.11. The van der Waals surface area contributed by atoms with E-state index in [-0.39, 0.29) is 11.4 Å². The van der Waals surface area contributed by atoms with Crippen LogP contribution in [0.25, 0.3) is 0 Å². The molecule has 5 N–H and O–H groups in total. The molecule has 1 aromatic heterocycles. The average Bonchev–Trinajstić information content (AvgIpc) is 1.82. The van der Waals surface area contributed by atoms with Crippen molar-refractivity contribution in [2.45, 2.75) is 6.92 Å². The van der Waals surface area contributed by atoms with E-state index < -0.39 is 11.6 Å². The zero-order chi connectivity index (χ0) is 9.30. The minimum atomic E-state index is -0.700. The monoisotopic (exact) mass is 168 g/mol. The van der Waals surface area contributed by atoms with Crippen molar-refractivity contribution in [2.24, 2.45) is 5.73 Å². The third-order valence-electron chi connectivity index (χ3n) is 1.39. The second kappa shape index (κ2) is 2.65. The Bertz CT molecular complexity index is 355. The number of nitrogens with zero attached hydrogens (tertiary/aromatic N) is 1. The number of rotatable bonds is 1. The molecule has 0 saturated carbocycles. The van der Waals surface area contributed by atoms with Crippen molar-refractivity contribution >= 4 is 11.7 Å². The molecule has 0 unspecified atom stereocenters. The van der Waals surface area contributed by atoms with Crippen LogP contribution in [0.4, 0.5) is 5.82 Å². The summed E-state index contributed by atoms with van der Waals surface area (Å²) in [7, 11) is 0. The van der Waals surface area contributed by atoms with Gasteiger partial charge in [-0.2, -0.15) is 4.98 Å². The van der Waals surface area contributed by atoms with Crippen LogP contribution in [0.2, 0.25) is 0 Å². The van der Waals surface area contributed by atoms with Crippen LogP contribution in [0.15, 0.2) is 4.79 Å². The predicted octanol–water partition coefficient (Wildman–Crippen LogP) is -1.24. The van der Waals surface area contributed by atoms with Crippen LogP contribution in [-0.2, 0) is 0 Å². The van der Waals surface area contributed by atoms with Crippen molar-refractivity contribution in [3.63, 3.8) is 0 Å². The lowest BCUT2D eigenvalue weighted by Gasteiger charge is -2.01. The van der Waals surface area contributed by atoms with Crippen molar-refractivity contribution in [3.8, 4) is 0 Å². The lowest BCUT2D eigenvalue weighted by Crippen LogP contribution is -2.23. The highest BCUT2D eigenvalue weighted by Crippen LogP contribution is 2.06. The summed E-state index contributed by atoms with van der Waals surface area (Å²) in [5.74, 6) is -0.836. The number of nitrogens with one attached hydrogen (secondary N) is 1. The fraction of sp³-hybridized carbons (Fsp3) is 0.167. The first kappa shape index (κ1) is 8.25. The zero-order valence-electron chi connectivity index (χ0n) is 6.42. The van der Waals surface area contributed by atoms with Crippen molar-refractivity contribution in [1.82, 2.24) is 9.97 Å². The molecule has 0 aromatic carbocycles. The summed E-state index contributed by atoms with van der Waals surface area (Å²) in [5, 5.41) is 0. The third kappa shape index (κ3) is 1.26. The number of hydrogen-bond acceptors (Lipinski definition) is 4. The number of aryl methyl sites for hydroxylation is 1. The Balaban J connectivity index is 3.48. The summed E-state index contributed by atoms with van der Waals surface area (Å²) in [6.45, 7) is 1.53. The second-order valence-corrected chi connectivity index (χ2v) is 2.29. The van der Waals surface area contributed by atoms with Crippen LogP contribution in [0.5, 0.6) is 0 Å². The molecule has 6 nitrogen and oxygen atoms in total. The normalized spacial score (nSPS) is 9.75. The molecular weight excluding hydrogens is 160 g/mol. The quantitative estimate of drug-likeness (QED) is 0.486. The highest BCUT2D eigenvalue weighted by molar-refractivity contribution is 5.97. The molecule has 64 valence electrons. The van der Waals surface area contributed by atoms with Gasteiger partial charge in [-0.05, 0) is 6.92 Å². The van der Waals surface area contributed by atoms with E-state index in [9.17, 15) is 9.59 Å². The Morgan fingerprint density at radius 3 is 2.58 bits per heavy atom. The average molecular weight is 168 g/mol. The van der Waals surface area contributed by atoms with Crippen molar-refractivity contribution in [2.75, 3.05) is 5.73 Å². The summed E-state index contributed by atoms with van der Waals surface area (Å²) in [6.07, 6.45) is 0. The number of nitrogen functional groups attached to an aromatic ring is 1. The fourth-order valence-corrected chi connectivity index (χ4v) is 0.919. The Labute approximate surface area is 67.6 Å². The van der Waals surface area contributed by atoms with E-state index in [0.717, 1.165) is 0 Å². The van der Waals surface area contributed by atoms with Crippen molar-refractivity contribution in [1.29, 1.82) is 0 Å². The van der Waals surface area contributed by atoms with E-state index in [1.165, 1.54) is 6.92 Å². The first-order valence-electron chi connectivity index (χ1n) is 3.18. The van der Waals surface area contributed by atoms with E-state index in [1.807, 2.05) is 0 Å². The van der Waals surface area contributed by atoms with Crippen LogP contribution < -0.4 is 17.2 Å². The van der Waals surface area contributed by atoms with Gasteiger partial charge in [-0.1, -0.05) is 0 Å². The number of carbonyl (C=O) groups excluding carboxylic acids is 1. The summed E-state index contributed by atoms with van der Waals surface area (Å²) < 4.78 is 0. The maximum atomic E-state index is 10.7. The lowest BCUT2D eigenvalue weighted by molar-refractivity contribution is 0.1000. The van der Waals surface area contributed by atoms with E-state index >= 15 is 0 Å². The van der Waals surface area contributed by atoms with Gasteiger partial charge in [0.25, 0.3) is 5.91 Å². The van der Waals surface area contributed by atoms with E-state index in [0.29, 0.717) is 5.69 Å². The summed E-state index contributed by atoms with van der Waals surface area (Å²) in [5.41, 5.74) is 10.1. The van der Waals surface area contributed by atoms with Gasteiger partial charge in [0.05, 0.1) is 0 Å². The fourth-order valence-electron chi connectivity index (χ4n) is 0.919. The molecule has 1 heterocycles. The molecule has 0 bridgehead atoms. The summed E-state index contributed by atoms with van der Waals surface area (Å²) in [4.78, 5) is 27.1. The van der Waals surface area contributed by atoms with E-state index in [2.05, 4.69) is 9.97 Å². The standard InChI is InChI=1S/C6H8N4O2/c1-2-3(5(8)11)4(7)10-6(12)9-2/h1H3,(H2,8,11)(H3,7,9,10,12). The minimum absolute atomic E-state index is 0.0644. The smallest absolute Gasteiger partial charge is 0.347 e. The van der Waals surface area contributed by atoms with Crippen molar-refractivity contribution in [3.05, 3.63) is 21.7 Å². The van der Waals surface area contributed by atoms with Crippen LogP contribution in [0.3, 0.4) is 0 Å². The number of amides is 1. The Hall–Kier alpha value is -1.85. The van der Waals surface area contributed by atoms with Gasteiger partial charge in [-0.3, -0.25) is 4.79 Å². The van der Waals surface area contributed by atoms with Crippen LogP contribution in [0.1, 0.15) is 16.1 Å². The Morgan fingerprint density at radius 2 is 2.17 bits per heavy atom. The van der Waals surface area contributed by atoms with Gasteiger partial charge in [0, 0.05) is 5.69 Å². The topological polar surface area (TPSA) is 115 Å². The molecule has 0 aliphatic carbocycles. The van der Waals surface area contributed by atoms with Gasteiger partial charge in [-0.25, -0.2) is 4.79 Å². The number of primary amides is 1. The number of hydrogen-bond donors (Lipinski definition) is 3. The number of H-pyrrole nitrogens is 1. The molecule has 1 aromatic rings. The molecule has 0 aliphatic heterocycles. The van der Waals surface area contributed by atoms with Crippen molar-refractivity contribution < 1.29 is 4.79 Å². The van der Waals surface area contributed by atoms with Gasteiger partial charge >= 0.3 is 5.69 Å². The molecule has 0 radical (unpaired) electrons. The minimum Gasteiger partial charge on any atom is -0.383 e. The molecule has 1 rings (SSSR count). The Kier molecular flexibility index (Phi) is 1.82. The SMILES string of the molecule is Cc1[nH]c(=O)nc(N)c1C(N)=O. The van der Waals surface area contributed by atoms with Gasteiger partial charge in [0.2, 0.25) is 0 Å². The first-order chi connectivity index (χ1) is 5.52. The largest absolute Gasteiger partial charge is 0.383 e. The Morgan fingerprint density at radius 1 is 1.58 bits per heavy atom. The van der Waals surface area contributed by atoms with Crippen LogP contribution in [0, 0.1) is 6.92 Å². The molecular formula is C6H8N4O2. The second-order valence-electron chi connectivity index (χ2n) is 2.29. The van der Waals surface area contributed by atoms with E-state index in [4.69, 9.17) is 11.5 Å².